The van der Waals surface area contributed by atoms with E-state index in [0.29, 0.717) is 11.6 Å². The van der Waals surface area contributed by atoms with E-state index in [0.717, 1.165) is 30.7 Å². The molecular weight excluding hydrogens is 198 g/mol. The van der Waals surface area contributed by atoms with Gasteiger partial charge in [-0.1, -0.05) is 24.9 Å². The lowest BCUT2D eigenvalue weighted by molar-refractivity contribution is 0.118. The summed E-state index contributed by atoms with van der Waals surface area (Å²) in [5.41, 5.74) is 7.47. The largest absolute Gasteiger partial charge is 0.398 e. The molecule has 0 bridgehead atoms. The minimum absolute atomic E-state index is 0.548. The van der Waals surface area contributed by atoms with E-state index in [1.165, 1.54) is 0 Å². The molecule has 0 saturated heterocycles. The fourth-order valence-corrected chi connectivity index (χ4v) is 1.32. The maximum atomic E-state index is 5.85. The first-order valence-corrected chi connectivity index (χ1v) is 5.23. The third-order valence-electron chi connectivity index (χ3n) is 2.00. The Morgan fingerprint density at radius 3 is 2.93 bits per heavy atom. The van der Waals surface area contributed by atoms with Gasteiger partial charge in [0.2, 0.25) is 0 Å². The minimum atomic E-state index is 0.548. The highest BCUT2D eigenvalue weighted by atomic mass is 35.5. The second-order valence-electron chi connectivity index (χ2n) is 3.25. The predicted octanol–water partition coefficient (Wildman–Crippen LogP) is 3.24. The summed E-state index contributed by atoms with van der Waals surface area (Å²) in [6.45, 7) is 3.46. The third-order valence-corrected chi connectivity index (χ3v) is 2.24. The van der Waals surface area contributed by atoms with Gasteiger partial charge in [0, 0.05) is 22.9 Å². The van der Waals surface area contributed by atoms with Crippen molar-refractivity contribution in [3.63, 3.8) is 0 Å². The summed E-state index contributed by atoms with van der Waals surface area (Å²) >= 11 is 5.85. The minimum Gasteiger partial charge on any atom is -0.398 e. The van der Waals surface area contributed by atoms with Gasteiger partial charge in [0.25, 0.3) is 0 Å². The first-order chi connectivity index (χ1) is 6.74. The van der Waals surface area contributed by atoms with Gasteiger partial charge in [-0.05, 0) is 24.6 Å². The van der Waals surface area contributed by atoms with Gasteiger partial charge in [0.1, 0.15) is 0 Å². The van der Waals surface area contributed by atoms with Gasteiger partial charge in [-0.3, -0.25) is 0 Å². The maximum absolute atomic E-state index is 5.85. The molecule has 0 radical (unpaired) electrons. The van der Waals surface area contributed by atoms with Gasteiger partial charge < -0.3 is 10.5 Å². The lowest BCUT2D eigenvalue weighted by atomic mass is 10.2. The molecule has 78 valence electrons. The fraction of sp³-hybridized carbons (Fsp3) is 0.455. The summed E-state index contributed by atoms with van der Waals surface area (Å²) in [5.74, 6) is 0. The van der Waals surface area contributed by atoms with E-state index in [2.05, 4.69) is 6.92 Å². The van der Waals surface area contributed by atoms with Crippen LogP contribution in [0.1, 0.15) is 25.3 Å². The van der Waals surface area contributed by atoms with Gasteiger partial charge in [-0.25, -0.2) is 0 Å². The standard InChI is InChI=1S/C11H16ClNO/c1-2-3-6-14-8-9-7-10(12)4-5-11(9)13/h4-5,7H,2-3,6,8,13H2,1H3. The Morgan fingerprint density at radius 2 is 2.21 bits per heavy atom. The van der Waals surface area contributed by atoms with Gasteiger partial charge in [-0.15, -0.1) is 0 Å². The van der Waals surface area contributed by atoms with Crippen LogP contribution in [-0.4, -0.2) is 6.61 Å². The van der Waals surface area contributed by atoms with Crippen molar-refractivity contribution < 1.29 is 4.74 Å². The lowest BCUT2D eigenvalue weighted by Gasteiger charge is -2.06. The normalized spacial score (nSPS) is 10.4. The van der Waals surface area contributed by atoms with E-state index < -0.39 is 0 Å². The summed E-state index contributed by atoms with van der Waals surface area (Å²) in [6.07, 6.45) is 2.23. The molecule has 0 aliphatic rings. The van der Waals surface area contributed by atoms with Crippen LogP contribution in [0.2, 0.25) is 5.02 Å². The Morgan fingerprint density at radius 1 is 1.43 bits per heavy atom. The monoisotopic (exact) mass is 213 g/mol. The van der Waals surface area contributed by atoms with Crippen LogP contribution in [0.25, 0.3) is 0 Å². The molecule has 0 spiro atoms. The van der Waals surface area contributed by atoms with Crippen molar-refractivity contribution in [3.8, 4) is 0 Å². The summed E-state index contributed by atoms with van der Waals surface area (Å²) in [6, 6.07) is 5.44. The Balaban J connectivity index is 2.45. The molecule has 0 atom stereocenters. The second kappa shape index (κ2) is 5.89. The van der Waals surface area contributed by atoms with Crippen molar-refractivity contribution in [1.82, 2.24) is 0 Å². The molecule has 0 aliphatic heterocycles. The number of nitrogen functional groups attached to an aromatic ring is 1. The van der Waals surface area contributed by atoms with E-state index in [1.54, 1.807) is 12.1 Å². The lowest BCUT2D eigenvalue weighted by Crippen LogP contribution is -1.99. The Kier molecular flexibility index (Phi) is 4.77. The van der Waals surface area contributed by atoms with Crippen LogP contribution in [0.5, 0.6) is 0 Å². The highest BCUT2D eigenvalue weighted by molar-refractivity contribution is 6.30. The Labute approximate surface area is 90.0 Å². The zero-order chi connectivity index (χ0) is 10.4. The molecule has 2 nitrogen and oxygen atoms in total. The second-order valence-corrected chi connectivity index (χ2v) is 3.69. The van der Waals surface area contributed by atoms with Gasteiger partial charge >= 0.3 is 0 Å². The van der Waals surface area contributed by atoms with Crippen LogP contribution in [0.15, 0.2) is 18.2 Å². The van der Waals surface area contributed by atoms with Crippen LogP contribution in [0.3, 0.4) is 0 Å². The van der Waals surface area contributed by atoms with Crippen molar-refractivity contribution in [1.29, 1.82) is 0 Å². The first-order valence-electron chi connectivity index (χ1n) is 4.85. The molecule has 0 amide bonds. The molecule has 1 aromatic carbocycles. The number of halogens is 1. The molecule has 0 aliphatic carbocycles. The molecule has 0 unspecified atom stereocenters. The van der Waals surface area contributed by atoms with Crippen molar-refractivity contribution in [2.75, 3.05) is 12.3 Å². The zero-order valence-electron chi connectivity index (χ0n) is 8.42. The van der Waals surface area contributed by atoms with E-state index >= 15 is 0 Å². The van der Waals surface area contributed by atoms with E-state index in [9.17, 15) is 0 Å². The average Bonchev–Trinajstić information content (AvgIpc) is 2.18. The average molecular weight is 214 g/mol. The summed E-state index contributed by atoms with van der Waals surface area (Å²) in [7, 11) is 0. The summed E-state index contributed by atoms with van der Waals surface area (Å²) in [4.78, 5) is 0. The number of anilines is 1. The number of rotatable bonds is 5. The van der Waals surface area contributed by atoms with Crippen molar-refractivity contribution in [2.45, 2.75) is 26.4 Å². The predicted molar refractivity (Wildman–Crippen MR) is 60.4 cm³/mol. The van der Waals surface area contributed by atoms with E-state index in [1.807, 2.05) is 6.07 Å². The smallest absolute Gasteiger partial charge is 0.0737 e. The zero-order valence-corrected chi connectivity index (χ0v) is 9.18. The topological polar surface area (TPSA) is 35.2 Å². The molecule has 0 saturated carbocycles. The number of hydrogen-bond acceptors (Lipinski definition) is 2. The molecule has 0 fully saturated rings. The van der Waals surface area contributed by atoms with Crippen molar-refractivity contribution >= 4 is 17.3 Å². The molecule has 0 heterocycles. The molecule has 2 N–H and O–H groups in total. The van der Waals surface area contributed by atoms with Crippen molar-refractivity contribution in [2.24, 2.45) is 0 Å². The molecule has 0 aromatic heterocycles. The van der Waals surface area contributed by atoms with Crippen LogP contribution in [0.4, 0.5) is 5.69 Å². The SMILES string of the molecule is CCCCOCc1cc(Cl)ccc1N. The third kappa shape index (κ3) is 3.56. The number of hydrogen-bond donors (Lipinski definition) is 1. The first kappa shape index (κ1) is 11.3. The van der Waals surface area contributed by atoms with Crippen LogP contribution < -0.4 is 5.73 Å². The molecular formula is C11H16ClNO. The fourth-order valence-electron chi connectivity index (χ4n) is 1.13. The van der Waals surface area contributed by atoms with E-state index in [4.69, 9.17) is 22.1 Å². The highest BCUT2D eigenvalue weighted by Gasteiger charge is 1.99. The van der Waals surface area contributed by atoms with E-state index in [-0.39, 0.29) is 0 Å². The summed E-state index contributed by atoms with van der Waals surface area (Å²) < 4.78 is 5.46. The number of benzene rings is 1. The van der Waals surface area contributed by atoms with Crippen molar-refractivity contribution in [3.05, 3.63) is 28.8 Å². The van der Waals surface area contributed by atoms with Crippen LogP contribution >= 0.6 is 11.6 Å². The van der Waals surface area contributed by atoms with Gasteiger partial charge in [-0.2, -0.15) is 0 Å². The summed E-state index contributed by atoms with van der Waals surface area (Å²) in [5, 5.41) is 0.702. The molecule has 3 heteroatoms. The van der Waals surface area contributed by atoms with Gasteiger partial charge in [0.15, 0.2) is 0 Å². The Bertz CT molecular complexity index is 289. The molecule has 1 rings (SSSR count). The molecule has 1 aromatic rings. The quantitative estimate of drug-likeness (QED) is 0.602. The maximum Gasteiger partial charge on any atom is 0.0737 e. The van der Waals surface area contributed by atoms with Crippen LogP contribution in [-0.2, 0) is 11.3 Å². The number of nitrogens with two attached hydrogens (primary N) is 1. The molecule has 14 heavy (non-hydrogen) atoms. The highest BCUT2D eigenvalue weighted by Crippen LogP contribution is 2.18. The number of ether oxygens (including phenoxy) is 1. The number of unbranched alkanes of at least 4 members (excludes halogenated alkanes) is 1. The van der Waals surface area contributed by atoms with Gasteiger partial charge in [0.05, 0.1) is 6.61 Å². The van der Waals surface area contributed by atoms with Crippen LogP contribution in [0, 0.1) is 0 Å². The Hall–Kier alpha value is -0.730.